The molecule has 1 saturated heterocycles. The summed E-state index contributed by atoms with van der Waals surface area (Å²) in [6, 6.07) is 13.1. The number of benzene rings is 2. The lowest BCUT2D eigenvalue weighted by Gasteiger charge is -2.18. The fourth-order valence-corrected chi connectivity index (χ4v) is 3.25. The Kier molecular flexibility index (Phi) is 5.30. The van der Waals surface area contributed by atoms with Crippen molar-refractivity contribution in [1.82, 2.24) is 5.32 Å². The lowest BCUT2D eigenvalue weighted by molar-refractivity contribution is -0.126. The number of nitrogens with zero attached hydrogens (tertiary/aromatic N) is 1. The Morgan fingerprint density at radius 3 is 2.64 bits per heavy atom. The molecule has 130 valence electrons. The third-order valence-corrected chi connectivity index (χ3v) is 5.11. The zero-order chi connectivity index (χ0) is 18.0. The molecule has 0 radical (unpaired) electrons. The van der Waals surface area contributed by atoms with Crippen molar-refractivity contribution in [2.45, 2.75) is 19.9 Å². The Morgan fingerprint density at radius 1 is 1.20 bits per heavy atom. The third kappa shape index (κ3) is 3.97. The van der Waals surface area contributed by atoms with Gasteiger partial charge in [-0.2, -0.15) is 0 Å². The molecule has 0 aliphatic carbocycles. The van der Waals surface area contributed by atoms with Crippen LogP contribution in [0.25, 0.3) is 0 Å². The molecule has 0 saturated carbocycles. The topological polar surface area (TPSA) is 49.4 Å². The summed E-state index contributed by atoms with van der Waals surface area (Å²) in [6.07, 6.45) is 0.169. The highest BCUT2D eigenvalue weighted by atomic mass is 35.5. The molecule has 1 N–H and O–H groups in total. The molecular formula is C19H18Cl2N2O2. The van der Waals surface area contributed by atoms with Gasteiger partial charge in [-0.25, -0.2) is 0 Å². The summed E-state index contributed by atoms with van der Waals surface area (Å²) >= 11 is 12.2. The molecule has 25 heavy (non-hydrogen) atoms. The van der Waals surface area contributed by atoms with Crippen LogP contribution in [0.3, 0.4) is 0 Å². The molecule has 1 fully saturated rings. The summed E-state index contributed by atoms with van der Waals surface area (Å²) in [4.78, 5) is 26.3. The normalized spacial score (nSPS) is 17.0. The maximum absolute atomic E-state index is 12.4. The standard InChI is InChI=1S/C19H18Cl2N2O2/c1-12-5-7-13(8-6-12)10-22-19(25)14-9-17(24)23(11-14)16-4-2-3-15(20)18(16)21/h2-8,14H,9-11H2,1H3,(H,22,25)/t14-/m0/s1. The van der Waals surface area contributed by atoms with E-state index in [1.807, 2.05) is 31.2 Å². The first-order chi connectivity index (χ1) is 12.0. The van der Waals surface area contributed by atoms with Crippen molar-refractivity contribution in [3.8, 4) is 0 Å². The van der Waals surface area contributed by atoms with Gasteiger partial charge in [-0.05, 0) is 24.6 Å². The summed E-state index contributed by atoms with van der Waals surface area (Å²) in [7, 11) is 0. The number of carbonyl (C=O) groups is 2. The minimum absolute atomic E-state index is 0.125. The Bertz CT molecular complexity index is 806. The predicted octanol–water partition coefficient (Wildman–Crippen LogP) is 3.97. The van der Waals surface area contributed by atoms with E-state index in [9.17, 15) is 9.59 Å². The van der Waals surface area contributed by atoms with Gasteiger partial charge in [0.15, 0.2) is 0 Å². The van der Waals surface area contributed by atoms with Crippen LogP contribution in [0.15, 0.2) is 42.5 Å². The highest BCUT2D eigenvalue weighted by Gasteiger charge is 2.36. The van der Waals surface area contributed by atoms with Crippen molar-refractivity contribution in [3.63, 3.8) is 0 Å². The van der Waals surface area contributed by atoms with E-state index in [0.29, 0.717) is 28.8 Å². The monoisotopic (exact) mass is 376 g/mol. The molecule has 0 unspecified atom stereocenters. The highest BCUT2D eigenvalue weighted by Crippen LogP contribution is 2.35. The van der Waals surface area contributed by atoms with Crippen LogP contribution in [0.5, 0.6) is 0 Å². The van der Waals surface area contributed by atoms with Gasteiger partial charge in [0.25, 0.3) is 0 Å². The molecule has 2 aromatic carbocycles. The summed E-state index contributed by atoms with van der Waals surface area (Å²) in [5, 5.41) is 3.62. The van der Waals surface area contributed by atoms with Crippen molar-refractivity contribution < 1.29 is 9.59 Å². The van der Waals surface area contributed by atoms with E-state index in [1.54, 1.807) is 18.2 Å². The van der Waals surface area contributed by atoms with Gasteiger partial charge in [0.05, 0.1) is 21.7 Å². The first-order valence-electron chi connectivity index (χ1n) is 8.03. The predicted molar refractivity (Wildman–Crippen MR) is 99.9 cm³/mol. The van der Waals surface area contributed by atoms with Crippen molar-refractivity contribution in [2.24, 2.45) is 5.92 Å². The second-order valence-corrected chi connectivity index (χ2v) is 6.97. The van der Waals surface area contributed by atoms with Gasteiger partial charge in [-0.1, -0.05) is 59.1 Å². The van der Waals surface area contributed by atoms with Crippen molar-refractivity contribution in [3.05, 3.63) is 63.6 Å². The zero-order valence-corrected chi connectivity index (χ0v) is 15.3. The van der Waals surface area contributed by atoms with Gasteiger partial charge < -0.3 is 10.2 Å². The number of amides is 2. The number of carbonyl (C=O) groups excluding carboxylic acids is 2. The van der Waals surface area contributed by atoms with E-state index in [2.05, 4.69) is 5.32 Å². The van der Waals surface area contributed by atoms with Gasteiger partial charge in [0.1, 0.15) is 0 Å². The third-order valence-electron chi connectivity index (χ3n) is 4.31. The minimum atomic E-state index is -0.395. The number of anilines is 1. The number of hydrogen-bond donors (Lipinski definition) is 1. The van der Waals surface area contributed by atoms with Crippen LogP contribution in [0, 0.1) is 12.8 Å². The van der Waals surface area contributed by atoms with Crippen molar-refractivity contribution in [1.29, 1.82) is 0 Å². The van der Waals surface area contributed by atoms with Gasteiger partial charge in [-0.15, -0.1) is 0 Å². The molecule has 1 heterocycles. The zero-order valence-electron chi connectivity index (χ0n) is 13.8. The minimum Gasteiger partial charge on any atom is -0.352 e. The lowest BCUT2D eigenvalue weighted by Crippen LogP contribution is -2.32. The molecule has 0 bridgehead atoms. The quantitative estimate of drug-likeness (QED) is 0.877. The fraction of sp³-hybridized carbons (Fsp3) is 0.263. The average molecular weight is 377 g/mol. The smallest absolute Gasteiger partial charge is 0.227 e. The van der Waals surface area contributed by atoms with Crippen LogP contribution in [-0.4, -0.2) is 18.4 Å². The SMILES string of the molecule is Cc1ccc(CNC(=O)[C@H]2CC(=O)N(c3cccc(Cl)c3Cl)C2)cc1. The molecule has 1 aliphatic rings. The molecular weight excluding hydrogens is 359 g/mol. The summed E-state index contributed by atoms with van der Waals surface area (Å²) in [5.74, 6) is -0.651. The van der Waals surface area contributed by atoms with E-state index >= 15 is 0 Å². The largest absolute Gasteiger partial charge is 0.352 e. The molecule has 2 aromatic rings. The number of halogens is 2. The van der Waals surface area contributed by atoms with Crippen LogP contribution >= 0.6 is 23.2 Å². The summed E-state index contributed by atoms with van der Waals surface area (Å²) in [5.41, 5.74) is 2.75. The van der Waals surface area contributed by atoms with E-state index in [-0.39, 0.29) is 18.2 Å². The molecule has 3 rings (SSSR count). The average Bonchev–Trinajstić information content (AvgIpc) is 2.98. The second kappa shape index (κ2) is 7.46. The molecule has 4 nitrogen and oxygen atoms in total. The Labute approximate surface area is 156 Å². The van der Waals surface area contributed by atoms with Gasteiger partial charge >= 0.3 is 0 Å². The van der Waals surface area contributed by atoms with Crippen molar-refractivity contribution >= 4 is 40.7 Å². The molecule has 2 amide bonds. The number of rotatable bonds is 4. The summed E-state index contributed by atoms with van der Waals surface area (Å²) in [6.45, 7) is 2.77. The number of hydrogen-bond acceptors (Lipinski definition) is 2. The van der Waals surface area contributed by atoms with Crippen LogP contribution in [-0.2, 0) is 16.1 Å². The first-order valence-corrected chi connectivity index (χ1v) is 8.79. The fourth-order valence-electron chi connectivity index (χ4n) is 2.86. The maximum Gasteiger partial charge on any atom is 0.227 e. The van der Waals surface area contributed by atoms with Crippen LogP contribution in [0.2, 0.25) is 10.0 Å². The van der Waals surface area contributed by atoms with E-state index in [0.717, 1.165) is 5.56 Å². The van der Waals surface area contributed by atoms with Gasteiger partial charge in [0, 0.05) is 19.5 Å². The number of aryl methyl sites for hydroxylation is 1. The lowest BCUT2D eigenvalue weighted by atomic mass is 10.1. The Hall–Kier alpha value is -2.04. The van der Waals surface area contributed by atoms with Crippen molar-refractivity contribution in [2.75, 3.05) is 11.4 Å². The molecule has 6 heteroatoms. The van der Waals surface area contributed by atoms with E-state index < -0.39 is 5.92 Å². The molecule has 1 aliphatic heterocycles. The second-order valence-electron chi connectivity index (χ2n) is 6.18. The highest BCUT2D eigenvalue weighted by molar-refractivity contribution is 6.44. The Balaban J connectivity index is 1.64. The number of nitrogens with one attached hydrogen (secondary N) is 1. The maximum atomic E-state index is 12.4. The van der Waals surface area contributed by atoms with E-state index in [4.69, 9.17) is 23.2 Å². The molecule has 0 aromatic heterocycles. The van der Waals surface area contributed by atoms with Crippen LogP contribution < -0.4 is 10.2 Å². The van der Waals surface area contributed by atoms with Gasteiger partial charge in [0.2, 0.25) is 11.8 Å². The van der Waals surface area contributed by atoms with Crippen LogP contribution in [0.1, 0.15) is 17.5 Å². The van der Waals surface area contributed by atoms with E-state index in [1.165, 1.54) is 10.5 Å². The first kappa shape index (κ1) is 17.8. The molecule has 0 spiro atoms. The Morgan fingerprint density at radius 2 is 1.92 bits per heavy atom. The van der Waals surface area contributed by atoms with Gasteiger partial charge in [-0.3, -0.25) is 9.59 Å². The summed E-state index contributed by atoms with van der Waals surface area (Å²) < 4.78 is 0. The molecule has 1 atom stereocenters. The van der Waals surface area contributed by atoms with Crippen LogP contribution in [0.4, 0.5) is 5.69 Å².